The van der Waals surface area contributed by atoms with Crippen molar-refractivity contribution in [3.05, 3.63) is 0 Å². The van der Waals surface area contributed by atoms with Crippen molar-refractivity contribution in [1.29, 1.82) is 0 Å². The summed E-state index contributed by atoms with van der Waals surface area (Å²) in [6.45, 7) is 14.3. The van der Waals surface area contributed by atoms with Gasteiger partial charge in [0.2, 0.25) is 0 Å². The number of esters is 1. The van der Waals surface area contributed by atoms with Gasteiger partial charge < -0.3 is 10.5 Å². The summed E-state index contributed by atoms with van der Waals surface area (Å²) in [6.07, 6.45) is 3.25. The second-order valence-electron chi connectivity index (χ2n) is 7.71. The molecular formula is C16H33NO2. The van der Waals surface area contributed by atoms with Crippen molar-refractivity contribution in [2.75, 3.05) is 13.2 Å². The highest BCUT2D eigenvalue weighted by atomic mass is 16.5. The summed E-state index contributed by atoms with van der Waals surface area (Å²) in [5, 5.41) is 0. The molecule has 114 valence electrons. The molecule has 0 heterocycles. The Morgan fingerprint density at radius 3 is 2.11 bits per heavy atom. The van der Waals surface area contributed by atoms with Crippen LogP contribution in [-0.2, 0) is 9.53 Å². The van der Waals surface area contributed by atoms with E-state index in [0.717, 1.165) is 19.3 Å². The van der Waals surface area contributed by atoms with Crippen LogP contribution in [0.3, 0.4) is 0 Å². The van der Waals surface area contributed by atoms with E-state index in [9.17, 15) is 4.79 Å². The predicted octanol–water partition coefficient (Wildman–Crippen LogP) is 3.76. The predicted molar refractivity (Wildman–Crippen MR) is 80.9 cm³/mol. The maximum atomic E-state index is 11.7. The second kappa shape index (κ2) is 7.88. The van der Waals surface area contributed by atoms with Crippen LogP contribution in [0.1, 0.15) is 67.2 Å². The maximum Gasteiger partial charge on any atom is 0.305 e. The minimum atomic E-state index is -0.0736. The molecule has 19 heavy (non-hydrogen) atoms. The zero-order chi connectivity index (χ0) is 15.1. The van der Waals surface area contributed by atoms with Crippen molar-refractivity contribution in [3.63, 3.8) is 0 Å². The normalized spacial score (nSPS) is 14.3. The van der Waals surface area contributed by atoms with E-state index in [1.165, 1.54) is 0 Å². The van der Waals surface area contributed by atoms with E-state index in [-0.39, 0.29) is 16.8 Å². The Bertz CT molecular complexity index is 261. The number of hydrogen-bond donors (Lipinski definition) is 1. The summed E-state index contributed by atoms with van der Waals surface area (Å²) in [5.41, 5.74) is 6.06. The molecule has 0 saturated heterocycles. The second-order valence-corrected chi connectivity index (χ2v) is 7.71. The zero-order valence-corrected chi connectivity index (χ0v) is 13.7. The van der Waals surface area contributed by atoms with Gasteiger partial charge in [0.15, 0.2) is 0 Å². The third-order valence-corrected chi connectivity index (χ3v) is 3.55. The first-order valence-electron chi connectivity index (χ1n) is 7.42. The fourth-order valence-corrected chi connectivity index (χ4v) is 2.05. The van der Waals surface area contributed by atoms with Gasteiger partial charge in [0.05, 0.1) is 6.61 Å². The molecule has 3 nitrogen and oxygen atoms in total. The van der Waals surface area contributed by atoms with Gasteiger partial charge in [-0.3, -0.25) is 4.79 Å². The minimum absolute atomic E-state index is 0.0736. The summed E-state index contributed by atoms with van der Waals surface area (Å²) >= 11 is 0. The summed E-state index contributed by atoms with van der Waals surface area (Å²) in [7, 11) is 0. The van der Waals surface area contributed by atoms with Crippen molar-refractivity contribution >= 4 is 5.97 Å². The summed E-state index contributed by atoms with van der Waals surface area (Å²) < 4.78 is 5.29. The van der Waals surface area contributed by atoms with Crippen LogP contribution < -0.4 is 5.73 Å². The number of carbonyl (C=O) groups excluding carboxylic acids is 1. The molecule has 0 bridgehead atoms. The highest BCUT2D eigenvalue weighted by molar-refractivity contribution is 5.69. The molecule has 0 rings (SSSR count). The molecule has 1 unspecified atom stereocenters. The third-order valence-electron chi connectivity index (χ3n) is 3.55. The molecule has 0 saturated carbocycles. The Balaban J connectivity index is 3.99. The lowest BCUT2D eigenvalue weighted by atomic mass is 9.76. The van der Waals surface area contributed by atoms with Gasteiger partial charge in [-0.25, -0.2) is 0 Å². The van der Waals surface area contributed by atoms with Crippen LogP contribution in [0, 0.1) is 16.7 Å². The Kier molecular flexibility index (Phi) is 7.65. The molecule has 0 radical (unpaired) electrons. The molecule has 0 aliphatic rings. The fourth-order valence-electron chi connectivity index (χ4n) is 2.05. The van der Waals surface area contributed by atoms with Gasteiger partial charge in [-0.2, -0.15) is 0 Å². The van der Waals surface area contributed by atoms with Crippen LogP contribution in [0.15, 0.2) is 0 Å². The van der Waals surface area contributed by atoms with Gasteiger partial charge in [-0.05, 0) is 42.6 Å². The highest BCUT2D eigenvalue weighted by Crippen LogP contribution is 2.32. The summed E-state index contributed by atoms with van der Waals surface area (Å²) in [4.78, 5) is 11.7. The van der Waals surface area contributed by atoms with E-state index in [2.05, 4.69) is 41.5 Å². The van der Waals surface area contributed by atoms with E-state index in [4.69, 9.17) is 10.5 Å². The topological polar surface area (TPSA) is 52.3 Å². The summed E-state index contributed by atoms with van der Waals surface area (Å²) in [6, 6.07) is 0. The molecule has 0 aliphatic carbocycles. The molecule has 1 atom stereocenters. The monoisotopic (exact) mass is 271 g/mol. The molecule has 0 spiro atoms. The van der Waals surface area contributed by atoms with Gasteiger partial charge in [-0.1, -0.05) is 41.5 Å². The van der Waals surface area contributed by atoms with Crippen molar-refractivity contribution in [1.82, 2.24) is 0 Å². The SMILES string of the molecule is CC(C)(C)CCOC(=O)CCC(CCN)C(C)(C)C. The van der Waals surface area contributed by atoms with E-state index in [1.54, 1.807) is 0 Å². The van der Waals surface area contributed by atoms with Crippen LogP contribution in [0.2, 0.25) is 0 Å². The van der Waals surface area contributed by atoms with E-state index < -0.39 is 0 Å². The molecule has 0 aromatic carbocycles. The van der Waals surface area contributed by atoms with Gasteiger partial charge >= 0.3 is 5.97 Å². The van der Waals surface area contributed by atoms with E-state index in [0.29, 0.717) is 25.5 Å². The lowest BCUT2D eigenvalue weighted by molar-refractivity contribution is -0.144. The fraction of sp³-hybridized carbons (Fsp3) is 0.938. The molecule has 0 fully saturated rings. The zero-order valence-electron chi connectivity index (χ0n) is 13.7. The van der Waals surface area contributed by atoms with Crippen molar-refractivity contribution in [2.45, 2.75) is 67.2 Å². The molecule has 0 aromatic heterocycles. The molecule has 0 aromatic rings. The van der Waals surface area contributed by atoms with Gasteiger partial charge in [0.1, 0.15) is 0 Å². The smallest absolute Gasteiger partial charge is 0.305 e. The number of hydrogen-bond acceptors (Lipinski definition) is 3. The van der Waals surface area contributed by atoms with E-state index >= 15 is 0 Å². The van der Waals surface area contributed by atoms with Crippen molar-refractivity contribution in [2.24, 2.45) is 22.5 Å². The first-order chi connectivity index (χ1) is 8.56. The average molecular weight is 271 g/mol. The van der Waals surface area contributed by atoms with Crippen LogP contribution in [0.4, 0.5) is 0 Å². The number of rotatable bonds is 7. The molecule has 0 amide bonds. The van der Waals surface area contributed by atoms with E-state index in [1.807, 2.05) is 0 Å². The minimum Gasteiger partial charge on any atom is -0.466 e. The number of nitrogens with two attached hydrogens (primary N) is 1. The molecule has 2 N–H and O–H groups in total. The van der Waals surface area contributed by atoms with Gasteiger partial charge in [0, 0.05) is 6.42 Å². The Hall–Kier alpha value is -0.570. The Morgan fingerprint density at radius 2 is 1.68 bits per heavy atom. The number of ether oxygens (including phenoxy) is 1. The lowest BCUT2D eigenvalue weighted by Gasteiger charge is -2.30. The van der Waals surface area contributed by atoms with Crippen molar-refractivity contribution < 1.29 is 9.53 Å². The Morgan fingerprint density at radius 1 is 1.11 bits per heavy atom. The van der Waals surface area contributed by atoms with Crippen LogP contribution in [0.25, 0.3) is 0 Å². The molecular weight excluding hydrogens is 238 g/mol. The first kappa shape index (κ1) is 18.4. The van der Waals surface area contributed by atoms with Crippen LogP contribution in [0.5, 0.6) is 0 Å². The number of carbonyl (C=O) groups is 1. The Labute approximate surface area is 119 Å². The average Bonchev–Trinajstić information content (AvgIpc) is 2.20. The van der Waals surface area contributed by atoms with Gasteiger partial charge in [0.25, 0.3) is 0 Å². The quantitative estimate of drug-likeness (QED) is 0.717. The van der Waals surface area contributed by atoms with Crippen LogP contribution >= 0.6 is 0 Å². The van der Waals surface area contributed by atoms with Crippen LogP contribution in [-0.4, -0.2) is 19.1 Å². The van der Waals surface area contributed by atoms with Crippen molar-refractivity contribution in [3.8, 4) is 0 Å². The largest absolute Gasteiger partial charge is 0.466 e. The third kappa shape index (κ3) is 9.94. The highest BCUT2D eigenvalue weighted by Gasteiger charge is 2.24. The van der Waals surface area contributed by atoms with Gasteiger partial charge in [-0.15, -0.1) is 0 Å². The first-order valence-corrected chi connectivity index (χ1v) is 7.42. The standard InChI is InChI=1S/C16H33NO2/c1-15(2,3)10-12-19-14(18)8-7-13(9-11-17)16(4,5)6/h13H,7-12,17H2,1-6H3. The molecule has 0 aliphatic heterocycles. The maximum absolute atomic E-state index is 11.7. The molecule has 3 heteroatoms. The lowest BCUT2D eigenvalue weighted by Crippen LogP contribution is -2.24. The summed E-state index contributed by atoms with van der Waals surface area (Å²) in [5.74, 6) is 0.406.